The lowest BCUT2D eigenvalue weighted by molar-refractivity contribution is -0.135. The van der Waals surface area contributed by atoms with Crippen molar-refractivity contribution in [1.29, 1.82) is 0 Å². The molecular formula is C30H22O9. The molecule has 0 bridgehead atoms. The summed E-state index contributed by atoms with van der Waals surface area (Å²) in [6.07, 6.45) is 2.41. The van der Waals surface area contributed by atoms with Gasteiger partial charge in [0.1, 0.15) is 34.3 Å². The summed E-state index contributed by atoms with van der Waals surface area (Å²) in [5.41, 5.74) is 1.64. The van der Waals surface area contributed by atoms with Crippen LogP contribution in [-0.4, -0.2) is 25.3 Å². The van der Waals surface area contributed by atoms with E-state index in [1.165, 1.54) is 32.8 Å². The highest BCUT2D eigenvalue weighted by molar-refractivity contribution is 5.94. The molecule has 3 aromatic carbocycles. The van der Waals surface area contributed by atoms with E-state index in [1.807, 2.05) is 13.0 Å². The van der Waals surface area contributed by atoms with Crippen molar-refractivity contribution in [2.45, 2.75) is 19.3 Å². The van der Waals surface area contributed by atoms with Crippen molar-refractivity contribution < 1.29 is 32.9 Å². The molecule has 0 aliphatic carbocycles. The molecular weight excluding hydrogens is 504 g/mol. The van der Waals surface area contributed by atoms with Gasteiger partial charge in [0, 0.05) is 23.1 Å². The van der Waals surface area contributed by atoms with E-state index in [-0.39, 0.29) is 39.7 Å². The van der Waals surface area contributed by atoms with Gasteiger partial charge in [-0.2, -0.15) is 0 Å². The van der Waals surface area contributed by atoms with Crippen LogP contribution in [0.15, 0.2) is 73.4 Å². The lowest BCUT2D eigenvalue weighted by Gasteiger charge is -2.25. The summed E-state index contributed by atoms with van der Waals surface area (Å²) in [4.78, 5) is 39.8. The smallest absolute Gasteiger partial charge is 0.312 e. The lowest BCUT2D eigenvalue weighted by Crippen LogP contribution is -2.25. The second-order valence-electron chi connectivity index (χ2n) is 9.31. The summed E-state index contributed by atoms with van der Waals surface area (Å²) in [5, 5.41) is 11.1. The Morgan fingerprint density at radius 3 is 2.46 bits per heavy atom. The Morgan fingerprint density at radius 2 is 1.69 bits per heavy atom. The van der Waals surface area contributed by atoms with Crippen molar-refractivity contribution in [3.05, 3.63) is 92.1 Å². The number of hydrogen-bond acceptors (Lipinski definition) is 9. The first-order chi connectivity index (χ1) is 18.8. The second-order valence-corrected chi connectivity index (χ2v) is 9.31. The number of rotatable bonds is 4. The van der Waals surface area contributed by atoms with Gasteiger partial charge in [-0.25, -0.2) is 0 Å². The monoisotopic (exact) mass is 526 g/mol. The normalized spacial score (nSPS) is 14.7. The molecule has 6 rings (SSSR count). The van der Waals surface area contributed by atoms with E-state index in [4.69, 9.17) is 23.0 Å². The number of aromatic hydroxyl groups is 1. The Labute approximate surface area is 220 Å². The molecule has 0 radical (unpaired) electrons. The Hall–Kier alpha value is -5.05. The fourth-order valence-corrected chi connectivity index (χ4v) is 5.10. The van der Waals surface area contributed by atoms with E-state index in [0.29, 0.717) is 33.6 Å². The Morgan fingerprint density at radius 1 is 0.897 bits per heavy atom. The van der Waals surface area contributed by atoms with Gasteiger partial charge in [0.2, 0.25) is 5.43 Å². The van der Waals surface area contributed by atoms with Gasteiger partial charge in [0.05, 0.1) is 37.9 Å². The maximum Gasteiger partial charge on any atom is 0.312 e. The number of carbonyl (C=O) groups excluding carboxylic acids is 1. The summed E-state index contributed by atoms with van der Waals surface area (Å²) >= 11 is 0. The quantitative estimate of drug-likeness (QED) is 0.253. The van der Waals surface area contributed by atoms with Gasteiger partial charge in [-0.05, 0) is 36.8 Å². The first-order valence-corrected chi connectivity index (χ1v) is 12.1. The van der Waals surface area contributed by atoms with E-state index >= 15 is 0 Å². The first kappa shape index (κ1) is 24.3. The van der Waals surface area contributed by atoms with Gasteiger partial charge in [0.15, 0.2) is 16.9 Å². The number of benzene rings is 3. The lowest BCUT2D eigenvalue weighted by atomic mass is 9.85. The van der Waals surface area contributed by atoms with Gasteiger partial charge >= 0.3 is 5.97 Å². The highest BCUT2D eigenvalue weighted by atomic mass is 16.5. The predicted octanol–water partition coefficient (Wildman–Crippen LogP) is 5.04. The SMILES string of the molecule is COc1ccc(-c2coc3c4c(cc(O)c3c2=O)OC(=O)C[C@H]4c2coc3ccc(C)cc3c2=O)cc1OC. The molecule has 0 fully saturated rings. The molecule has 0 unspecified atom stereocenters. The molecule has 196 valence electrons. The van der Waals surface area contributed by atoms with Crippen molar-refractivity contribution >= 4 is 27.9 Å². The van der Waals surface area contributed by atoms with Gasteiger partial charge in [-0.3, -0.25) is 14.4 Å². The van der Waals surface area contributed by atoms with Gasteiger partial charge < -0.3 is 28.2 Å². The Balaban J connectivity index is 1.59. The summed E-state index contributed by atoms with van der Waals surface area (Å²) in [5.74, 6) is -0.951. The van der Waals surface area contributed by atoms with Crippen LogP contribution in [0.4, 0.5) is 0 Å². The standard InChI is InChI=1S/C30H22O9/c1-14-4-6-21-17(8-14)28(33)19(13-37-21)16-10-25(32)39-24-11-20(31)27-29(34)18(12-38-30(27)26(16)24)15-5-7-22(35-2)23(9-15)36-3/h4-9,11-13,16,31H,10H2,1-3H3/t16-/m0/s1. The third-order valence-corrected chi connectivity index (χ3v) is 7.00. The highest BCUT2D eigenvalue weighted by Gasteiger charge is 2.35. The number of aryl methyl sites for hydroxylation is 1. The van der Waals surface area contributed by atoms with Crippen molar-refractivity contribution in [3.63, 3.8) is 0 Å². The Bertz CT molecular complexity index is 1930. The summed E-state index contributed by atoms with van der Waals surface area (Å²) in [7, 11) is 2.98. The molecule has 39 heavy (non-hydrogen) atoms. The molecule has 3 heterocycles. The van der Waals surface area contributed by atoms with E-state index in [1.54, 1.807) is 30.3 Å². The number of ether oxygens (including phenoxy) is 3. The second kappa shape index (κ2) is 9.05. The molecule has 5 aromatic rings. The summed E-state index contributed by atoms with van der Waals surface area (Å²) in [6.45, 7) is 1.86. The van der Waals surface area contributed by atoms with Crippen LogP contribution in [0, 0.1) is 6.92 Å². The number of phenols is 1. The van der Waals surface area contributed by atoms with Crippen LogP contribution < -0.4 is 25.1 Å². The first-order valence-electron chi connectivity index (χ1n) is 12.1. The zero-order chi connectivity index (χ0) is 27.4. The van der Waals surface area contributed by atoms with Crippen LogP contribution in [0.1, 0.15) is 29.0 Å². The van der Waals surface area contributed by atoms with Crippen LogP contribution >= 0.6 is 0 Å². The topological polar surface area (TPSA) is 125 Å². The predicted molar refractivity (Wildman–Crippen MR) is 142 cm³/mol. The zero-order valence-electron chi connectivity index (χ0n) is 21.2. The molecule has 0 amide bonds. The maximum absolute atomic E-state index is 13.7. The molecule has 1 aliphatic heterocycles. The molecule has 9 nitrogen and oxygen atoms in total. The van der Waals surface area contributed by atoms with Crippen LogP contribution in [0.5, 0.6) is 23.0 Å². The van der Waals surface area contributed by atoms with Crippen LogP contribution in [0.2, 0.25) is 0 Å². The number of hydrogen-bond donors (Lipinski definition) is 1. The molecule has 1 atom stereocenters. The van der Waals surface area contributed by atoms with Gasteiger partial charge in [-0.1, -0.05) is 17.7 Å². The van der Waals surface area contributed by atoms with Crippen molar-refractivity contribution in [2.24, 2.45) is 0 Å². The molecule has 0 saturated carbocycles. The minimum absolute atomic E-state index is 0.00649. The molecule has 1 aliphatic rings. The van der Waals surface area contributed by atoms with Gasteiger partial charge in [0.25, 0.3) is 0 Å². The summed E-state index contributed by atoms with van der Waals surface area (Å²) in [6, 6.07) is 11.4. The number of fused-ring (bicyclic) bond motifs is 4. The average Bonchev–Trinajstić information content (AvgIpc) is 2.92. The number of carbonyl (C=O) groups is 1. The molecule has 1 N–H and O–H groups in total. The Kier molecular flexibility index (Phi) is 5.64. The van der Waals surface area contributed by atoms with Crippen LogP contribution in [0.3, 0.4) is 0 Å². The molecule has 2 aromatic heterocycles. The molecule has 0 spiro atoms. The van der Waals surface area contributed by atoms with Crippen molar-refractivity contribution in [3.8, 4) is 34.1 Å². The maximum atomic E-state index is 13.7. The number of phenolic OH excluding ortho intramolecular Hbond substituents is 1. The highest BCUT2D eigenvalue weighted by Crippen LogP contribution is 2.45. The minimum atomic E-state index is -0.833. The van der Waals surface area contributed by atoms with E-state index in [0.717, 1.165) is 5.56 Å². The van der Waals surface area contributed by atoms with E-state index in [9.17, 15) is 19.5 Å². The van der Waals surface area contributed by atoms with Gasteiger partial charge in [-0.15, -0.1) is 0 Å². The third-order valence-electron chi connectivity index (χ3n) is 7.00. The average molecular weight is 526 g/mol. The summed E-state index contributed by atoms with van der Waals surface area (Å²) < 4.78 is 27.7. The van der Waals surface area contributed by atoms with Crippen LogP contribution in [0.25, 0.3) is 33.1 Å². The molecule has 9 heteroatoms. The fourth-order valence-electron chi connectivity index (χ4n) is 5.10. The third kappa shape index (κ3) is 3.82. The number of esters is 1. The number of methoxy groups -OCH3 is 2. The molecule has 0 saturated heterocycles. The zero-order valence-corrected chi connectivity index (χ0v) is 21.2. The largest absolute Gasteiger partial charge is 0.507 e. The van der Waals surface area contributed by atoms with Crippen LogP contribution in [-0.2, 0) is 4.79 Å². The van der Waals surface area contributed by atoms with Crippen molar-refractivity contribution in [1.82, 2.24) is 0 Å². The van der Waals surface area contributed by atoms with E-state index in [2.05, 4.69) is 0 Å². The van der Waals surface area contributed by atoms with E-state index < -0.39 is 23.1 Å². The minimum Gasteiger partial charge on any atom is -0.507 e. The van der Waals surface area contributed by atoms with Crippen molar-refractivity contribution in [2.75, 3.05) is 14.2 Å². The fraction of sp³-hybridized carbons (Fsp3) is 0.167.